The maximum Gasteiger partial charge on any atom is 0.282 e. The summed E-state index contributed by atoms with van der Waals surface area (Å²) in [7, 11) is 0. The summed E-state index contributed by atoms with van der Waals surface area (Å²) in [5.41, 5.74) is 3.35. The molecule has 0 amide bonds. The van der Waals surface area contributed by atoms with E-state index in [2.05, 4.69) is 50.0 Å². The van der Waals surface area contributed by atoms with E-state index in [0.29, 0.717) is 10.7 Å². The number of aryl methyl sites for hydroxylation is 1. The lowest BCUT2D eigenvalue weighted by Gasteiger charge is -2.45. The Balaban J connectivity index is 1.75. The van der Waals surface area contributed by atoms with E-state index in [0.717, 1.165) is 47.3 Å². The van der Waals surface area contributed by atoms with Crippen LogP contribution in [0.2, 0.25) is 0 Å². The molecule has 2 aromatic heterocycles. The van der Waals surface area contributed by atoms with E-state index in [9.17, 15) is 4.79 Å². The maximum absolute atomic E-state index is 13.5. The van der Waals surface area contributed by atoms with Gasteiger partial charge in [-0.3, -0.25) is 14.9 Å². The fourth-order valence-electron chi connectivity index (χ4n) is 5.08. The minimum absolute atomic E-state index is 0.0157. The summed E-state index contributed by atoms with van der Waals surface area (Å²) >= 11 is 1.52. The van der Waals surface area contributed by atoms with Crippen molar-refractivity contribution in [1.82, 2.24) is 20.1 Å². The Morgan fingerprint density at radius 2 is 1.90 bits per heavy atom. The zero-order chi connectivity index (χ0) is 22.4. The molecule has 1 aliphatic heterocycles. The SMILES string of the molecule is CCCc1[nH]n(-c2nc3ccccc3s2)c(=O)c1C(C)=NC1CC(C)(C)NC(C)(C)C1. The number of benzene rings is 1. The lowest BCUT2D eigenvalue weighted by Crippen LogP contribution is -2.58. The molecule has 3 heterocycles. The molecule has 7 heteroatoms. The van der Waals surface area contributed by atoms with Gasteiger partial charge in [-0.25, -0.2) is 4.98 Å². The number of H-pyrrole nitrogens is 1. The Morgan fingerprint density at radius 3 is 2.55 bits per heavy atom. The predicted molar refractivity (Wildman–Crippen MR) is 130 cm³/mol. The van der Waals surface area contributed by atoms with Crippen molar-refractivity contribution in [1.29, 1.82) is 0 Å². The minimum atomic E-state index is -0.0591. The average molecular weight is 440 g/mol. The fourth-order valence-corrected chi connectivity index (χ4v) is 6.00. The molecule has 2 N–H and O–H groups in total. The van der Waals surface area contributed by atoms with E-state index in [-0.39, 0.29) is 22.7 Å². The molecule has 3 aromatic rings. The number of aromatic amines is 1. The number of nitrogens with zero attached hydrogens (tertiary/aromatic N) is 3. The van der Waals surface area contributed by atoms with Gasteiger partial charge in [-0.2, -0.15) is 4.68 Å². The van der Waals surface area contributed by atoms with Crippen molar-refractivity contribution < 1.29 is 0 Å². The highest BCUT2D eigenvalue weighted by Crippen LogP contribution is 2.31. The standard InChI is InChI=1S/C24H33N5OS/c1-7-10-18-20(15(2)25-16-13-23(3,4)28-24(5,6)14-16)21(30)29(27-18)22-26-17-11-8-9-12-19(17)31-22/h8-9,11-12,16,27-28H,7,10,13-14H2,1-6H3. The van der Waals surface area contributed by atoms with Crippen LogP contribution in [0.25, 0.3) is 15.3 Å². The van der Waals surface area contributed by atoms with Gasteiger partial charge in [-0.05, 0) is 66.0 Å². The van der Waals surface area contributed by atoms with Crippen LogP contribution in [0.1, 0.15) is 72.1 Å². The van der Waals surface area contributed by atoms with Gasteiger partial charge >= 0.3 is 0 Å². The van der Waals surface area contributed by atoms with Crippen LogP contribution < -0.4 is 10.9 Å². The number of fused-ring (bicyclic) bond motifs is 1. The zero-order valence-corrected chi connectivity index (χ0v) is 20.2. The van der Waals surface area contributed by atoms with Gasteiger partial charge in [-0.1, -0.05) is 36.8 Å². The molecule has 0 spiro atoms. The summed E-state index contributed by atoms with van der Waals surface area (Å²) in [4.78, 5) is 23.2. The van der Waals surface area contributed by atoms with Crippen molar-refractivity contribution >= 4 is 27.3 Å². The first-order valence-corrected chi connectivity index (χ1v) is 11.9. The van der Waals surface area contributed by atoms with Crippen LogP contribution >= 0.6 is 11.3 Å². The Kier molecular flexibility index (Phi) is 5.68. The van der Waals surface area contributed by atoms with Gasteiger partial charge in [0.05, 0.1) is 21.8 Å². The lowest BCUT2D eigenvalue weighted by atomic mass is 9.80. The summed E-state index contributed by atoms with van der Waals surface area (Å²) in [6, 6.07) is 8.16. The molecule has 0 bridgehead atoms. The molecule has 0 saturated carbocycles. The van der Waals surface area contributed by atoms with Gasteiger partial charge in [0.1, 0.15) is 0 Å². The van der Waals surface area contributed by atoms with Gasteiger partial charge in [-0.15, -0.1) is 0 Å². The molecule has 31 heavy (non-hydrogen) atoms. The lowest BCUT2D eigenvalue weighted by molar-refractivity contribution is 0.164. The van der Waals surface area contributed by atoms with E-state index in [4.69, 9.17) is 4.99 Å². The molecule has 0 unspecified atom stereocenters. The molecule has 0 aliphatic carbocycles. The first-order chi connectivity index (χ1) is 14.6. The van der Waals surface area contributed by atoms with Gasteiger partial charge in [0.25, 0.3) is 5.56 Å². The topological polar surface area (TPSA) is 75.1 Å². The number of aromatic nitrogens is 3. The molecule has 0 atom stereocenters. The molecule has 1 fully saturated rings. The Bertz CT molecular complexity index is 1130. The highest BCUT2D eigenvalue weighted by Gasteiger charge is 2.37. The summed E-state index contributed by atoms with van der Waals surface area (Å²) in [5.74, 6) is 0. The monoisotopic (exact) mass is 439 g/mol. The number of para-hydroxylation sites is 1. The molecule has 1 aromatic carbocycles. The van der Waals surface area contributed by atoms with Crippen molar-refractivity contribution in [3.05, 3.63) is 45.9 Å². The molecular formula is C24H33N5OS. The van der Waals surface area contributed by atoms with Crippen molar-refractivity contribution in [2.75, 3.05) is 0 Å². The molecule has 0 radical (unpaired) electrons. The normalized spacial score (nSPS) is 19.2. The summed E-state index contributed by atoms with van der Waals surface area (Å²) < 4.78 is 2.67. The summed E-state index contributed by atoms with van der Waals surface area (Å²) in [6.07, 6.45) is 3.66. The van der Waals surface area contributed by atoms with Crippen LogP contribution in [0, 0.1) is 0 Å². The largest absolute Gasteiger partial charge is 0.307 e. The van der Waals surface area contributed by atoms with E-state index in [1.807, 2.05) is 31.2 Å². The van der Waals surface area contributed by atoms with Gasteiger partial charge < -0.3 is 5.32 Å². The second kappa shape index (κ2) is 8.02. The van der Waals surface area contributed by atoms with E-state index >= 15 is 0 Å². The van der Waals surface area contributed by atoms with Crippen LogP contribution in [0.15, 0.2) is 34.1 Å². The zero-order valence-electron chi connectivity index (χ0n) is 19.4. The number of rotatable bonds is 5. The quantitative estimate of drug-likeness (QED) is 0.558. The number of thiazole rings is 1. The number of aliphatic imine (C=N–C) groups is 1. The summed E-state index contributed by atoms with van der Waals surface area (Å²) in [6.45, 7) is 13.0. The van der Waals surface area contributed by atoms with Crippen LogP contribution in [0.4, 0.5) is 0 Å². The average Bonchev–Trinajstić information content (AvgIpc) is 3.20. The van der Waals surface area contributed by atoms with E-state index < -0.39 is 0 Å². The Hall–Kier alpha value is -2.25. The number of hydrogen-bond acceptors (Lipinski definition) is 5. The summed E-state index contributed by atoms with van der Waals surface area (Å²) in [5, 5.41) is 7.72. The first-order valence-electron chi connectivity index (χ1n) is 11.1. The molecule has 1 saturated heterocycles. The van der Waals surface area contributed by atoms with Gasteiger partial charge in [0, 0.05) is 22.5 Å². The number of piperidine rings is 1. The Labute approximate surface area is 187 Å². The van der Waals surface area contributed by atoms with Crippen LogP contribution in [0.3, 0.4) is 0 Å². The van der Waals surface area contributed by atoms with Crippen LogP contribution in [-0.4, -0.2) is 37.6 Å². The number of nitrogens with one attached hydrogen (secondary N) is 2. The second-order valence-electron chi connectivity index (χ2n) is 9.99. The highest BCUT2D eigenvalue weighted by atomic mass is 32.1. The van der Waals surface area contributed by atoms with Gasteiger partial charge in [0.15, 0.2) is 0 Å². The van der Waals surface area contributed by atoms with Crippen LogP contribution in [-0.2, 0) is 6.42 Å². The smallest absolute Gasteiger partial charge is 0.282 e. The van der Waals surface area contributed by atoms with Crippen molar-refractivity contribution in [2.24, 2.45) is 4.99 Å². The third kappa shape index (κ3) is 4.53. The molecule has 4 rings (SSSR count). The highest BCUT2D eigenvalue weighted by molar-refractivity contribution is 7.20. The minimum Gasteiger partial charge on any atom is -0.307 e. The third-order valence-corrected chi connectivity index (χ3v) is 6.87. The Morgan fingerprint density at radius 1 is 1.23 bits per heavy atom. The van der Waals surface area contributed by atoms with Crippen molar-refractivity contribution in [3.63, 3.8) is 0 Å². The van der Waals surface area contributed by atoms with Crippen molar-refractivity contribution in [3.8, 4) is 5.13 Å². The maximum atomic E-state index is 13.5. The molecule has 166 valence electrons. The second-order valence-corrected chi connectivity index (χ2v) is 11.0. The van der Waals surface area contributed by atoms with Crippen LogP contribution in [0.5, 0.6) is 0 Å². The molecule has 1 aliphatic rings. The van der Waals surface area contributed by atoms with Gasteiger partial charge in [0.2, 0.25) is 5.13 Å². The predicted octanol–water partition coefficient (Wildman–Crippen LogP) is 4.85. The molecule has 6 nitrogen and oxygen atoms in total. The fraction of sp³-hybridized carbons (Fsp3) is 0.542. The van der Waals surface area contributed by atoms with E-state index in [1.165, 1.54) is 11.3 Å². The third-order valence-electron chi connectivity index (χ3n) is 5.85. The molecular weight excluding hydrogens is 406 g/mol. The van der Waals surface area contributed by atoms with Crippen molar-refractivity contribution in [2.45, 2.75) is 84.3 Å². The number of hydrogen-bond donors (Lipinski definition) is 2. The van der Waals surface area contributed by atoms with E-state index in [1.54, 1.807) is 4.68 Å². The first kappa shape index (κ1) is 22.0.